The summed E-state index contributed by atoms with van der Waals surface area (Å²) in [5.74, 6) is -0.426. The van der Waals surface area contributed by atoms with Gasteiger partial charge in [0.2, 0.25) is 0 Å². The molecule has 0 heterocycles. The fourth-order valence-electron chi connectivity index (χ4n) is 7.30. The lowest BCUT2D eigenvalue weighted by Crippen LogP contribution is -2.30. The van der Waals surface area contributed by atoms with Crippen molar-refractivity contribution in [2.45, 2.75) is 258 Å². The number of allylic oxidation sites excluding steroid dienone is 12. The van der Waals surface area contributed by atoms with Crippen molar-refractivity contribution in [1.82, 2.24) is 0 Å². The average Bonchev–Trinajstić information content (AvgIpc) is 3.27. The zero-order valence-electron chi connectivity index (χ0n) is 41.1. The Morgan fingerprint density at radius 3 is 1.19 bits per heavy atom. The van der Waals surface area contributed by atoms with Crippen molar-refractivity contribution in [3.05, 3.63) is 72.9 Å². The summed E-state index contributed by atoms with van der Waals surface area (Å²) in [5, 5.41) is 0. The minimum absolute atomic E-state index is 0.0711. The molecule has 0 rings (SSSR count). The number of unbranched alkanes of at least 4 members (excludes halogenated alkanes) is 25. The molecule has 5 heteroatoms. The summed E-state index contributed by atoms with van der Waals surface area (Å²) in [7, 11) is 0. The molecule has 0 bridgehead atoms. The van der Waals surface area contributed by atoms with E-state index < -0.39 is 6.10 Å². The lowest BCUT2D eigenvalue weighted by molar-refractivity contribution is -0.163. The molecule has 0 N–H and O–H groups in total. The second-order valence-corrected chi connectivity index (χ2v) is 17.4. The molecular weight excluding hydrogens is 765 g/mol. The monoisotopic (exact) mass is 865 g/mol. The maximum Gasteiger partial charge on any atom is 0.306 e. The van der Waals surface area contributed by atoms with Crippen LogP contribution in [0.5, 0.6) is 0 Å². The number of hydrogen-bond acceptors (Lipinski definition) is 5. The fourth-order valence-corrected chi connectivity index (χ4v) is 7.30. The Kier molecular flexibility index (Phi) is 50.4. The first-order chi connectivity index (χ1) is 30.6. The Morgan fingerprint density at radius 2 is 0.726 bits per heavy atom. The molecule has 0 radical (unpaired) electrons. The zero-order valence-corrected chi connectivity index (χ0v) is 41.1. The van der Waals surface area contributed by atoms with Crippen molar-refractivity contribution in [2.24, 2.45) is 0 Å². The Morgan fingerprint density at radius 1 is 0.371 bits per heavy atom. The topological polar surface area (TPSA) is 61.8 Å². The Balaban J connectivity index is 4.29. The number of hydrogen-bond donors (Lipinski definition) is 0. The maximum absolute atomic E-state index is 12.8. The van der Waals surface area contributed by atoms with Crippen LogP contribution >= 0.6 is 0 Å². The highest BCUT2D eigenvalue weighted by molar-refractivity contribution is 5.70. The largest absolute Gasteiger partial charge is 0.462 e. The van der Waals surface area contributed by atoms with E-state index in [0.717, 1.165) is 96.3 Å². The minimum atomic E-state index is -0.550. The standard InChI is InChI=1S/C57H100O5/c1-4-7-10-13-16-19-22-25-27-28-29-30-32-33-35-38-41-44-47-50-56(58)61-54-55(53-60-52-49-46-43-40-37-24-21-18-15-12-9-6-3)62-57(59)51-48-45-42-39-36-34-31-26-23-20-17-14-11-8-5-2/h8,11,16-17,19-20,25-27,29-31,55H,4-7,9-10,12-15,18,21-24,28,32-54H2,1-3H3/b11-8-,19-16-,20-17-,27-25-,30-29-,31-26-. The summed E-state index contributed by atoms with van der Waals surface area (Å²) in [4.78, 5) is 25.4. The normalized spacial score (nSPS) is 12.8. The van der Waals surface area contributed by atoms with Crippen molar-refractivity contribution in [3.63, 3.8) is 0 Å². The molecule has 0 aliphatic carbocycles. The second-order valence-electron chi connectivity index (χ2n) is 17.4. The third kappa shape index (κ3) is 50.0. The van der Waals surface area contributed by atoms with Gasteiger partial charge in [-0.25, -0.2) is 0 Å². The van der Waals surface area contributed by atoms with Crippen LogP contribution < -0.4 is 0 Å². The number of carbonyl (C=O) groups is 2. The zero-order chi connectivity index (χ0) is 44.9. The van der Waals surface area contributed by atoms with Gasteiger partial charge in [-0.2, -0.15) is 0 Å². The smallest absolute Gasteiger partial charge is 0.306 e. The van der Waals surface area contributed by atoms with Crippen molar-refractivity contribution < 1.29 is 23.8 Å². The molecule has 0 aromatic carbocycles. The molecule has 0 spiro atoms. The van der Waals surface area contributed by atoms with E-state index in [1.54, 1.807) is 0 Å². The van der Waals surface area contributed by atoms with Crippen LogP contribution in [0.15, 0.2) is 72.9 Å². The molecule has 62 heavy (non-hydrogen) atoms. The number of ether oxygens (including phenoxy) is 3. The second kappa shape index (κ2) is 52.7. The highest BCUT2D eigenvalue weighted by Crippen LogP contribution is 2.14. The van der Waals surface area contributed by atoms with Gasteiger partial charge in [-0.1, -0.05) is 222 Å². The van der Waals surface area contributed by atoms with Gasteiger partial charge in [-0.3, -0.25) is 9.59 Å². The van der Waals surface area contributed by atoms with Crippen molar-refractivity contribution in [2.75, 3.05) is 19.8 Å². The van der Waals surface area contributed by atoms with Gasteiger partial charge in [0, 0.05) is 19.4 Å². The number of esters is 2. The van der Waals surface area contributed by atoms with Crippen molar-refractivity contribution in [1.29, 1.82) is 0 Å². The summed E-state index contributed by atoms with van der Waals surface area (Å²) in [5.41, 5.74) is 0. The molecule has 0 saturated carbocycles. The van der Waals surface area contributed by atoms with E-state index in [2.05, 4.69) is 93.7 Å². The first-order valence-corrected chi connectivity index (χ1v) is 26.5. The van der Waals surface area contributed by atoms with E-state index in [0.29, 0.717) is 19.4 Å². The molecule has 0 aromatic rings. The third-order valence-electron chi connectivity index (χ3n) is 11.2. The highest BCUT2D eigenvalue weighted by Gasteiger charge is 2.17. The van der Waals surface area contributed by atoms with Crippen LogP contribution in [0.2, 0.25) is 0 Å². The van der Waals surface area contributed by atoms with Gasteiger partial charge in [-0.05, 0) is 89.9 Å². The van der Waals surface area contributed by atoms with Crippen LogP contribution in [0, 0.1) is 0 Å². The van der Waals surface area contributed by atoms with Crippen LogP contribution in [0.4, 0.5) is 0 Å². The average molecular weight is 865 g/mol. The van der Waals surface area contributed by atoms with Gasteiger partial charge < -0.3 is 14.2 Å². The molecule has 5 nitrogen and oxygen atoms in total. The van der Waals surface area contributed by atoms with E-state index in [9.17, 15) is 9.59 Å². The third-order valence-corrected chi connectivity index (χ3v) is 11.2. The Hall–Kier alpha value is -2.66. The predicted octanol–water partition coefficient (Wildman–Crippen LogP) is 17.9. The van der Waals surface area contributed by atoms with Gasteiger partial charge in [0.25, 0.3) is 0 Å². The molecule has 0 aliphatic heterocycles. The molecule has 0 fully saturated rings. The lowest BCUT2D eigenvalue weighted by Gasteiger charge is -2.18. The van der Waals surface area contributed by atoms with E-state index >= 15 is 0 Å². The SMILES string of the molecule is CC/C=C\C/C=C\C/C=C\CCCCCCCC(=O)OC(COCCCCCCCCCCCCCC)COC(=O)CCCCCCCC/C=C\C/C=C\C/C=C\CCCCC. The van der Waals surface area contributed by atoms with Crippen LogP contribution in [0.3, 0.4) is 0 Å². The van der Waals surface area contributed by atoms with E-state index in [1.165, 1.54) is 122 Å². The molecule has 0 amide bonds. The van der Waals surface area contributed by atoms with Crippen molar-refractivity contribution in [3.8, 4) is 0 Å². The lowest BCUT2D eigenvalue weighted by atomic mass is 10.1. The van der Waals surface area contributed by atoms with Crippen LogP contribution in [-0.4, -0.2) is 37.9 Å². The summed E-state index contributed by atoms with van der Waals surface area (Å²) in [6.07, 6.45) is 67.6. The summed E-state index contributed by atoms with van der Waals surface area (Å²) >= 11 is 0. The molecule has 358 valence electrons. The highest BCUT2D eigenvalue weighted by atomic mass is 16.6. The van der Waals surface area contributed by atoms with E-state index in [1.807, 2.05) is 0 Å². The Labute approximate surface area is 385 Å². The first kappa shape index (κ1) is 59.3. The maximum atomic E-state index is 12.8. The minimum Gasteiger partial charge on any atom is -0.462 e. The van der Waals surface area contributed by atoms with Gasteiger partial charge in [-0.15, -0.1) is 0 Å². The quantitative estimate of drug-likeness (QED) is 0.0346. The van der Waals surface area contributed by atoms with Gasteiger partial charge in [0.05, 0.1) is 6.61 Å². The van der Waals surface area contributed by atoms with E-state index in [4.69, 9.17) is 14.2 Å². The van der Waals surface area contributed by atoms with Crippen LogP contribution in [-0.2, 0) is 23.8 Å². The predicted molar refractivity (Wildman–Crippen MR) is 270 cm³/mol. The summed E-state index contributed by atoms with van der Waals surface area (Å²) in [6.45, 7) is 7.68. The number of rotatable bonds is 48. The molecule has 0 saturated heterocycles. The Bertz CT molecular complexity index is 1110. The summed E-state index contributed by atoms with van der Waals surface area (Å²) < 4.78 is 17.4. The molecule has 0 aromatic heterocycles. The molecule has 0 aliphatic rings. The number of carbonyl (C=O) groups excluding carboxylic acids is 2. The van der Waals surface area contributed by atoms with Gasteiger partial charge in [0.1, 0.15) is 6.61 Å². The fraction of sp³-hybridized carbons (Fsp3) is 0.754. The van der Waals surface area contributed by atoms with Gasteiger partial charge in [0.15, 0.2) is 6.10 Å². The molecule has 1 atom stereocenters. The molecular formula is C57H100O5. The van der Waals surface area contributed by atoms with Crippen molar-refractivity contribution >= 4 is 11.9 Å². The van der Waals surface area contributed by atoms with E-state index in [-0.39, 0.29) is 25.2 Å². The first-order valence-electron chi connectivity index (χ1n) is 26.5. The molecule has 1 unspecified atom stereocenters. The summed E-state index contributed by atoms with van der Waals surface area (Å²) in [6, 6.07) is 0. The van der Waals surface area contributed by atoms with Gasteiger partial charge >= 0.3 is 11.9 Å². The van der Waals surface area contributed by atoms with Crippen LogP contribution in [0.1, 0.15) is 252 Å². The van der Waals surface area contributed by atoms with Crippen LogP contribution in [0.25, 0.3) is 0 Å².